The number of halogens is 2. The summed E-state index contributed by atoms with van der Waals surface area (Å²) in [6, 6.07) is 13.3. The molecule has 0 aliphatic rings. The molecule has 1 aromatic heterocycles. The molecule has 0 fully saturated rings. The van der Waals surface area contributed by atoms with Gasteiger partial charge in [-0.25, -0.2) is 4.98 Å². The number of para-hydroxylation sites is 1. The van der Waals surface area contributed by atoms with Crippen molar-refractivity contribution in [1.29, 1.82) is 0 Å². The van der Waals surface area contributed by atoms with E-state index in [1.165, 1.54) is 42.9 Å². The Morgan fingerprint density at radius 2 is 1.87 bits per heavy atom. The highest BCUT2D eigenvalue weighted by Crippen LogP contribution is 2.37. The average Bonchev–Trinajstić information content (AvgIpc) is 2.92. The highest BCUT2D eigenvalue weighted by Gasteiger charge is 2.28. The van der Waals surface area contributed by atoms with E-state index in [1.54, 1.807) is 43.3 Å². The first-order valence-electron chi connectivity index (χ1n) is 11.2. The fourth-order valence-electron chi connectivity index (χ4n) is 3.99. The van der Waals surface area contributed by atoms with Gasteiger partial charge in [0, 0.05) is 30.8 Å². The van der Waals surface area contributed by atoms with Crippen LogP contribution in [-0.4, -0.2) is 46.5 Å². The number of carbonyl (C=O) groups excluding carboxylic acids is 1. The highest BCUT2D eigenvalue weighted by atomic mass is 79.9. The number of aromatic nitrogens is 2. The van der Waals surface area contributed by atoms with Gasteiger partial charge in [0.2, 0.25) is 0 Å². The van der Waals surface area contributed by atoms with Crippen molar-refractivity contribution in [3.05, 3.63) is 95.9 Å². The van der Waals surface area contributed by atoms with E-state index in [2.05, 4.69) is 15.9 Å². The van der Waals surface area contributed by atoms with E-state index < -0.39 is 16.9 Å². The lowest BCUT2D eigenvalue weighted by atomic mass is 10.1. The monoisotopic (exact) mass is 600 g/mol. The van der Waals surface area contributed by atoms with Gasteiger partial charge in [-0.05, 0) is 47.1 Å². The molecule has 0 aliphatic carbocycles. The summed E-state index contributed by atoms with van der Waals surface area (Å²) in [4.78, 5) is 44.1. The number of methoxy groups -OCH3 is 2. The number of nitro benzene ring substituents is 1. The molecule has 4 rings (SSSR count). The van der Waals surface area contributed by atoms with Crippen LogP contribution in [-0.2, 0) is 0 Å². The van der Waals surface area contributed by atoms with Crippen LogP contribution in [0.1, 0.15) is 29.1 Å². The van der Waals surface area contributed by atoms with E-state index in [0.29, 0.717) is 32.6 Å². The second-order valence-electron chi connectivity index (χ2n) is 8.31. The maximum Gasteiger partial charge on any atom is 0.288 e. The molecule has 1 amide bonds. The molecule has 12 heteroatoms. The zero-order chi connectivity index (χ0) is 27.7. The number of fused-ring (bicyclic) bond motifs is 1. The Bertz CT molecular complexity index is 1640. The number of benzene rings is 3. The smallest absolute Gasteiger partial charge is 0.288 e. The maximum absolute atomic E-state index is 13.9. The third kappa shape index (κ3) is 4.82. The third-order valence-electron chi connectivity index (χ3n) is 6.16. The van der Waals surface area contributed by atoms with E-state index >= 15 is 0 Å². The van der Waals surface area contributed by atoms with Crippen LogP contribution in [0, 0.1) is 10.1 Å². The van der Waals surface area contributed by atoms with E-state index in [4.69, 9.17) is 26.1 Å². The molecule has 4 aromatic rings. The lowest BCUT2D eigenvalue weighted by Crippen LogP contribution is -2.35. The number of hydrogen-bond acceptors (Lipinski definition) is 7. The first-order valence-corrected chi connectivity index (χ1v) is 12.4. The van der Waals surface area contributed by atoms with Crippen LogP contribution in [0.3, 0.4) is 0 Å². The molecule has 196 valence electrons. The molecule has 0 saturated carbocycles. The number of nitrogens with zero attached hydrogens (tertiary/aromatic N) is 4. The van der Waals surface area contributed by atoms with Crippen molar-refractivity contribution in [3.63, 3.8) is 0 Å². The van der Waals surface area contributed by atoms with Gasteiger partial charge in [0.25, 0.3) is 17.2 Å². The summed E-state index contributed by atoms with van der Waals surface area (Å²) < 4.78 is 12.8. The summed E-state index contributed by atoms with van der Waals surface area (Å²) in [5.41, 5.74) is 0.163. The fraction of sp³-hybridized carbons (Fsp3) is 0.192. The number of ether oxygens (including phenoxy) is 2. The second-order valence-corrected chi connectivity index (χ2v) is 9.51. The van der Waals surface area contributed by atoms with Crippen molar-refractivity contribution < 1.29 is 19.2 Å². The molecule has 0 spiro atoms. The molecule has 1 atom stereocenters. The first-order chi connectivity index (χ1) is 18.1. The van der Waals surface area contributed by atoms with Crippen molar-refractivity contribution in [2.75, 3.05) is 21.3 Å². The minimum absolute atomic E-state index is 0.0642. The van der Waals surface area contributed by atoms with Crippen LogP contribution in [0.2, 0.25) is 5.02 Å². The van der Waals surface area contributed by atoms with E-state index in [0.717, 1.165) is 6.07 Å². The molecular weight excluding hydrogens is 580 g/mol. The van der Waals surface area contributed by atoms with Crippen molar-refractivity contribution in [2.45, 2.75) is 13.0 Å². The summed E-state index contributed by atoms with van der Waals surface area (Å²) in [7, 11) is 4.52. The quantitative estimate of drug-likeness (QED) is 0.201. The normalized spacial score (nSPS) is 11.7. The van der Waals surface area contributed by atoms with Crippen LogP contribution in [0.4, 0.5) is 5.69 Å². The fourth-order valence-corrected chi connectivity index (χ4v) is 4.74. The summed E-state index contributed by atoms with van der Waals surface area (Å²) in [6.45, 7) is 1.71. The number of hydrogen-bond donors (Lipinski definition) is 0. The molecule has 0 radical (unpaired) electrons. The highest BCUT2D eigenvalue weighted by molar-refractivity contribution is 9.10. The van der Waals surface area contributed by atoms with Crippen LogP contribution in [0.15, 0.2) is 63.9 Å². The summed E-state index contributed by atoms with van der Waals surface area (Å²) >= 11 is 9.45. The summed E-state index contributed by atoms with van der Waals surface area (Å²) in [6.07, 6.45) is 0. The minimum atomic E-state index is -0.751. The zero-order valence-electron chi connectivity index (χ0n) is 20.8. The SMILES string of the molecule is COc1cc(OC)c(Br)c(-n2c(C(C)N(C)C(=O)c3ccc(Cl)c([N+](=O)[O-])c3)nc3ccccc3c2=O)c1. The van der Waals surface area contributed by atoms with E-state index in [9.17, 15) is 19.7 Å². The molecule has 1 unspecified atom stereocenters. The van der Waals surface area contributed by atoms with Gasteiger partial charge in [-0.3, -0.25) is 24.3 Å². The summed E-state index contributed by atoms with van der Waals surface area (Å²) in [5.74, 6) is 0.602. The van der Waals surface area contributed by atoms with Crippen molar-refractivity contribution in [2.24, 2.45) is 0 Å². The number of rotatable bonds is 7. The molecule has 3 aromatic carbocycles. The van der Waals surface area contributed by atoms with E-state index in [-0.39, 0.29) is 27.7 Å². The molecule has 0 bridgehead atoms. The summed E-state index contributed by atoms with van der Waals surface area (Å²) in [5, 5.41) is 11.6. The molecular formula is C26H22BrClN4O6. The lowest BCUT2D eigenvalue weighted by Gasteiger charge is -2.27. The van der Waals surface area contributed by atoms with Crippen molar-refractivity contribution in [1.82, 2.24) is 14.5 Å². The predicted molar refractivity (Wildman–Crippen MR) is 147 cm³/mol. The molecule has 10 nitrogen and oxygen atoms in total. The molecule has 1 heterocycles. The topological polar surface area (TPSA) is 117 Å². The zero-order valence-corrected chi connectivity index (χ0v) is 23.1. The Hall–Kier alpha value is -3.96. The Morgan fingerprint density at radius 3 is 2.53 bits per heavy atom. The molecule has 0 aliphatic heterocycles. The van der Waals surface area contributed by atoms with Gasteiger partial charge in [-0.15, -0.1) is 0 Å². The van der Waals surface area contributed by atoms with E-state index in [1.807, 2.05) is 0 Å². The Morgan fingerprint density at radius 1 is 1.16 bits per heavy atom. The Balaban J connectivity index is 1.92. The largest absolute Gasteiger partial charge is 0.497 e. The van der Waals surface area contributed by atoms with Crippen LogP contribution < -0.4 is 15.0 Å². The van der Waals surface area contributed by atoms with Crippen molar-refractivity contribution >= 4 is 50.0 Å². The number of nitro groups is 1. The molecule has 0 saturated heterocycles. The van der Waals surface area contributed by atoms with Gasteiger partial charge in [0.1, 0.15) is 22.3 Å². The standard InChI is InChI=1S/C26H22BrClN4O6/c1-14(30(2)25(33)15-9-10-18(28)20(11-15)32(35)36)24-29-19-8-6-5-7-17(19)26(34)31(24)21-12-16(37-3)13-22(38-4)23(21)27/h5-14H,1-4H3. The van der Waals surface area contributed by atoms with Crippen LogP contribution in [0.5, 0.6) is 11.5 Å². The minimum Gasteiger partial charge on any atom is -0.497 e. The predicted octanol–water partition coefficient (Wildman–Crippen LogP) is 5.56. The Labute approximate surface area is 230 Å². The van der Waals surface area contributed by atoms with Crippen LogP contribution in [0.25, 0.3) is 16.6 Å². The van der Waals surface area contributed by atoms with Gasteiger partial charge in [-0.1, -0.05) is 23.7 Å². The van der Waals surface area contributed by atoms with Crippen LogP contribution >= 0.6 is 27.5 Å². The second kappa shape index (κ2) is 10.8. The van der Waals surface area contributed by atoms with Gasteiger partial charge in [-0.2, -0.15) is 0 Å². The first kappa shape index (κ1) is 27.1. The lowest BCUT2D eigenvalue weighted by molar-refractivity contribution is -0.384. The number of amides is 1. The van der Waals surface area contributed by atoms with Crippen molar-refractivity contribution in [3.8, 4) is 17.2 Å². The Kier molecular flexibility index (Phi) is 7.70. The average molecular weight is 602 g/mol. The molecule has 0 N–H and O–H groups in total. The third-order valence-corrected chi connectivity index (χ3v) is 7.27. The van der Waals surface area contributed by atoms with Gasteiger partial charge >= 0.3 is 0 Å². The maximum atomic E-state index is 13.9. The number of carbonyl (C=O) groups is 1. The molecule has 38 heavy (non-hydrogen) atoms. The van der Waals surface area contributed by atoms with Gasteiger partial charge < -0.3 is 14.4 Å². The van der Waals surface area contributed by atoms with Gasteiger partial charge in [0.05, 0.1) is 46.2 Å². The van der Waals surface area contributed by atoms with Gasteiger partial charge in [0.15, 0.2) is 0 Å².